The number of allylic oxidation sites excluding steroid dienone is 1. The molecular formula is C35H43ClO7S. The lowest BCUT2D eigenvalue weighted by atomic mass is 9.72. The first-order chi connectivity index (χ1) is 21.3. The quantitative estimate of drug-likeness (QED) is 0.111. The van der Waals surface area contributed by atoms with Crippen LogP contribution in [0.5, 0.6) is 11.5 Å². The van der Waals surface area contributed by atoms with Crippen molar-refractivity contribution in [2.45, 2.75) is 89.3 Å². The van der Waals surface area contributed by atoms with E-state index in [0.29, 0.717) is 58.1 Å². The Hall–Kier alpha value is -2.68. The summed E-state index contributed by atoms with van der Waals surface area (Å²) in [5.41, 5.74) is 0.559. The molecule has 5 rings (SSSR count). The molecule has 0 unspecified atom stereocenters. The van der Waals surface area contributed by atoms with Gasteiger partial charge in [-0.25, -0.2) is 0 Å². The first-order valence-electron chi connectivity index (χ1n) is 15.9. The van der Waals surface area contributed by atoms with Crippen LogP contribution in [0.3, 0.4) is 0 Å². The number of esters is 2. The van der Waals surface area contributed by atoms with E-state index in [2.05, 4.69) is 0 Å². The predicted octanol–water partition coefficient (Wildman–Crippen LogP) is 8.33. The van der Waals surface area contributed by atoms with Crippen molar-refractivity contribution in [3.8, 4) is 11.5 Å². The van der Waals surface area contributed by atoms with Gasteiger partial charge >= 0.3 is 11.9 Å². The lowest BCUT2D eigenvalue weighted by Crippen LogP contribution is -2.34. The molecular weight excluding hydrogens is 600 g/mol. The second-order valence-corrected chi connectivity index (χ2v) is 14.1. The van der Waals surface area contributed by atoms with Crippen LogP contribution in [0.1, 0.15) is 92.3 Å². The van der Waals surface area contributed by atoms with Gasteiger partial charge < -0.3 is 18.9 Å². The van der Waals surface area contributed by atoms with Gasteiger partial charge in [0.2, 0.25) is 0 Å². The van der Waals surface area contributed by atoms with Crippen molar-refractivity contribution in [1.29, 1.82) is 0 Å². The topological polar surface area (TPSA) is 88.1 Å². The number of carbonyl (C=O) groups is 3. The zero-order valence-corrected chi connectivity index (χ0v) is 27.2. The Kier molecular flexibility index (Phi) is 11.6. The van der Waals surface area contributed by atoms with Gasteiger partial charge in [-0.15, -0.1) is 11.3 Å². The van der Waals surface area contributed by atoms with Crippen LogP contribution in [0.2, 0.25) is 4.34 Å². The SMILES string of the molecule is COc1ccc(OC(=O)C2CCC(C(=O)OC3CCC(C4CCC(OC)CC4)CC3)CC2)c(/C=C/C(=O)c2ccc(Cl)s2)c1. The Morgan fingerprint density at radius 3 is 1.95 bits per heavy atom. The van der Waals surface area contributed by atoms with Crippen LogP contribution in [0.25, 0.3) is 6.08 Å². The summed E-state index contributed by atoms with van der Waals surface area (Å²) in [5, 5.41) is 0. The molecule has 0 N–H and O–H groups in total. The largest absolute Gasteiger partial charge is 0.497 e. The number of ketones is 1. The third-order valence-electron chi connectivity index (χ3n) is 9.77. The van der Waals surface area contributed by atoms with Gasteiger partial charge in [0.15, 0.2) is 5.78 Å². The molecule has 3 saturated carbocycles. The van der Waals surface area contributed by atoms with Crippen molar-refractivity contribution in [3.05, 3.63) is 51.2 Å². The van der Waals surface area contributed by atoms with Crippen molar-refractivity contribution < 1.29 is 33.3 Å². The van der Waals surface area contributed by atoms with Crippen LogP contribution in [-0.4, -0.2) is 44.1 Å². The van der Waals surface area contributed by atoms with Crippen LogP contribution < -0.4 is 9.47 Å². The second-order valence-electron chi connectivity index (χ2n) is 12.4. The molecule has 0 amide bonds. The highest BCUT2D eigenvalue weighted by molar-refractivity contribution is 7.18. The van der Waals surface area contributed by atoms with Crippen LogP contribution in [0.15, 0.2) is 36.4 Å². The monoisotopic (exact) mass is 642 g/mol. The fraction of sp³-hybridized carbons (Fsp3) is 0.571. The number of ether oxygens (including phenoxy) is 4. The van der Waals surface area contributed by atoms with Gasteiger partial charge in [-0.3, -0.25) is 14.4 Å². The van der Waals surface area contributed by atoms with Crippen molar-refractivity contribution >= 4 is 46.7 Å². The van der Waals surface area contributed by atoms with Crippen LogP contribution in [-0.2, 0) is 19.1 Å². The maximum Gasteiger partial charge on any atom is 0.314 e. The maximum atomic E-state index is 13.1. The molecule has 3 aliphatic carbocycles. The molecule has 2 aromatic rings. The number of hydrogen-bond donors (Lipinski definition) is 0. The number of methoxy groups -OCH3 is 2. The lowest BCUT2D eigenvalue weighted by molar-refractivity contribution is -0.159. The molecule has 0 radical (unpaired) electrons. The van der Waals surface area contributed by atoms with E-state index in [-0.39, 0.29) is 35.7 Å². The van der Waals surface area contributed by atoms with Crippen molar-refractivity contribution in [3.63, 3.8) is 0 Å². The molecule has 0 atom stereocenters. The number of thiophene rings is 1. The van der Waals surface area contributed by atoms with Gasteiger partial charge in [0.25, 0.3) is 0 Å². The van der Waals surface area contributed by atoms with Gasteiger partial charge in [0, 0.05) is 12.7 Å². The molecule has 1 heterocycles. The molecule has 3 fully saturated rings. The molecule has 9 heteroatoms. The molecule has 0 bridgehead atoms. The molecule has 1 aromatic heterocycles. The van der Waals surface area contributed by atoms with Gasteiger partial charge in [-0.1, -0.05) is 11.6 Å². The lowest BCUT2D eigenvalue weighted by Gasteiger charge is -2.37. The summed E-state index contributed by atoms with van der Waals surface area (Å²) in [6, 6.07) is 8.47. The number of hydrogen-bond acceptors (Lipinski definition) is 8. The maximum absolute atomic E-state index is 13.1. The van der Waals surface area contributed by atoms with Gasteiger partial charge in [0.1, 0.15) is 17.6 Å². The molecule has 1 aromatic carbocycles. The highest BCUT2D eigenvalue weighted by Crippen LogP contribution is 2.40. The van der Waals surface area contributed by atoms with Crippen molar-refractivity contribution in [1.82, 2.24) is 0 Å². The van der Waals surface area contributed by atoms with E-state index in [1.807, 2.05) is 7.11 Å². The minimum absolute atomic E-state index is 0.0157. The standard InChI is InChI=1S/C35H43ClO7S/c1-40-27-12-7-22(8-13-27)23-9-14-28(15-10-23)42-34(38)24-3-5-25(6-4-24)35(39)43-31-18-16-29(41-2)21-26(31)11-17-30(37)32-19-20-33(36)44-32/h11,16-25,27-28H,3-10,12-15H2,1-2H3/b17-11+. The molecule has 0 aliphatic heterocycles. The highest BCUT2D eigenvalue weighted by Gasteiger charge is 2.35. The van der Waals surface area contributed by atoms with E-state index >= 15 is 0 Å². The smallest absolute Gasteiger partial charge is 0.314 e. The first kappa shape index (κ1) is 32.7. The third kappa shape index (κ3) is 8.52. The summed E-state index contributed by atoms with van der Waals surface area (Å²) in [7, 11) is 3.37. The molecule has 44 heavy (non-hydrogen) atoms. The van der Waals surface area contributed by atoms with E-state index < -0.39 is 0 Å². The number of rotatable bonds is 10. The van der Waals surface area contributed by atoms with E-state index in [4.69, 9.17) is 30.5 Å². The summed E-state index contributed by atoms with van der Waals surface area (Å²) in [6.07, 6.45) is 14.9. The molecule has 3 aliphatic rings. The van der Waals surface area contributed by atoms with E-state index in [1.165, 1.54) is 30.3 Å². The Morgan fingerprint density at radius 2 is 1.39 bits per heavy atom. The zero-order chi connectivity index (χ0) is 31.1. The fourth-order valence-corrected chi connectivity index (χ4v) is 8.02. The Morgan fingerprint density at radius 1 is 0.773 bits per heavy atom. The first-order valence-corrected chi connectivity index (χ1v) is 17.1. The minimum Gasteiger partial charge on any atom is -0.497 e. The minimum atomic E-state index is -0.328. The average molecular weight is 643 g/mol. The number of carbonyl (C=O) groups excluding carboxylic acids is 3. The van der Waals surface area contributed by atoms with Crippen LogP contribution in [0.4, 0.5) is 0 Å². The predicted molar refractivity (Wildman–Crippen MR) is 171 cm³/mol. The molecule has 238 valence electrons. The third-order valence-corrected chi connectivity index (χ3v) is 11.0. The Bertz CT molecular complexity index is 1310. The molecule has 0 saturated heterocycles. The van der Waals surface area contributed by atoms with Crippen molar-refractivity contribution in [2.75, 3.05) is 14.2 Å². The number of halogens is 1. The molecule has 7 nitrogen and oxygen atoms in total. The van der Waals surface area contributed by atoms with Gasteiger partial charge in [0.05, 0.1) is 34.3 Å². The van der Waals surface area contributed by atoms with E-state index in [9.17, 15) is 14.4 Å². The second kappa shape index (κ2) is 15.5. The van der Waals surface area contributed by atoms with Crippen LogP contribution in [0, 0.1) is 23.7 Å². The number of benzene rings is 1. The van der Waals surface area contributed by atoms with Crippen LogP contribution >= 0.6 is 22.9 Å². The summed E-state index contributed by atoms with van der Waals surface area (Å²) in [5.74, 6) is 1.37. The fourth-order valence-electron chi connectivity index (χ4n) is 7.06. The highest BCUT2D eigenvalue weighted by atomic mass is 35.5. The van der Waals surface area contributed by atoms with Gasteiger partial charge in [-0.2, -0.15) is 0 Å². The summed E-state index contributed by atoms with van der Waals surface area (Å²) in [4.78, 5) is 39.2. The zero-order valence-electron chi connectivity index (χ0n) is 25.6. The Balaban J connectivity index is 1.08. The summed E-state index contributed by atoms with van der Waals surface area (Å²) >= 11 is 7.17. The van der Waals surface area contributed by atoms with E-state index in [0.717, 1.165) is 50.4 Å². The van der Waals surface area contributed by atoms with Crippen molar-refractivity contribution in [2.24, 2.45) is 23.7 Å². The normalized spacial score (nSPS) is 27.5. The Labute approximate surface area is 269 Å². The average Bonchev–Trinajstić information content (AvgIpc) is 3.50. The molecule has 0 spiro atoms. The summed E-state index contributed by atoms with van der Waals surface area (Å²) in [6.45, 7) is 0. The summed E-state index contributed by atoms with van der Waals surface area (Å²) < 4.78 is 23.2. The van der Waals surface area contributed by atoms with Gasteiger partial charge in [-0.05, 0) is 131 Å². The van der Waals surface area contributed by atoms with E-state index in [1.54, 1.807) is 43.5 Å².